The maximum Gasteiger partial charge on any atom is 0.306 e. The van der Waals surface area contributed by atoms with Gasteiger partial charge in [0.05, 0.1) is 13.0 Å². The van der Waals surface area contributed by atoms with Gasteiger partial charge in [-0.2, -0.15) is 0 Å². The SMILES string of the molecule is CCOC(=O)CCC(=O)N1CCNC(=O)C1(C)C. The Morgan fingerprint density at radius 1 is 1.39 bits per heavy atom. The average molecular weight is 256 g/mol. The van der Waals surface area contributed by atoms with Gasteiger partial charge in [-0.3, -0.25) is 14.4 Å². The molecular weight excluding hydrogens is 236 g/mol. The molecule has 1 heterocycles. The molecule has 0 unspecified atom stereocenters. The standard InChI is InChI=1S/C12H20N2O4/c1-4-18-10(16)6-5-9(15)14-8-7-13-11(17)12(14,2)3/h4-8H2,1-3H3,(H,13,17). The van der Waals surface area contributed by atoms with Crippen LogP contribution in [0.25, 0.3) is 0 Å². The smallest absolute Gasteiger partial charge is 0.306 e. The van der Waals surface area contributed by atoms with E-state index in [0.717, 1.165) is 0 Å². The maximum absolute atomic E-state index is 12.0. The van der Waals surface area contributed by atoms with Crippen molar-refractivity contribution in [2.45, 2.75) is 39.2 Å². The van der Waals surface area contributed by atoms with Crippen molar-refractivity contribution >= 4 is 17.8 Å². The van der Waals surface area contributed by atoms with Crippen LogP contribution in [-0.2, 0) is 19.1 Å². The van der Waals surface area contributed by atoms with E-state index in [4.69, 9.17) is 4.74 Å². The Hall–Kier alpha value is -1.59. The molecule has 18 heavy (non-hydrogen) atoms. The van der Waals surface area contributed by atoms with Gasteiger partial charge in [0.25, 0.3) is 0 Å². The van der Waals surface area contributed by atoms with E-state index in [9.17, 15) is 14.4 Å². The van der Waals surface area contributed by atoms with Gasteiger partial charge >= 0.3 is 5.97 Å². The molecule has 0 aromatic rings. The maximum atomic E-state index is 12.0. The summed E-state index contributed by atoms with van der Waals surface area (Å²) in [6.45, 7) is 6.35. The van der Waals surface area contributed by atoms with Gasteiger partial charge in [0.2, 0.25) is 11.8 Å². The Morgan fingerprint density at radius 2 is 2.06 bits per heavy atom. The van der Waals surface area contributed by atoms with Crippen LogP contribution < -0.4 is 5.32 Å². The third kappa shape index (κ3) is 3.21. The van der Waals surface area contributed by atoms with Crippen LogP contribution in [0.3, 0.4) is 0 Å². The van der Waals surface area contributed by atoms with Crippen LogP contribution in [0, 0.1) is 0 Å². The number of rotatable bonds is 4. The summed E-state index contributed by atoms with van der Waals surface area (Å²) in [5, 5.41) is 2.72. The summed E-state index contributed by atoms with van der Waals surface area (Å²) >= 11 is 0. The summed E-state index contributed by atoms with van der Waals surface area (Å²) in [7, 11) is 0. The van der Waals surface area contributed by atoms with Crippen LogP contribution in [0.2, 0.25) is 0 Å². The fraction of sp³-hybridized carbons (Fsp3) is 0.750. The molecule has 0 saturated carbocycles. The first-order chi connectivity index (χ1) is 8.39. The predicted molar refractivity (Wildman–Crippen MR) is 64.7 cm³/mol. The summed E-state index contributed by atoms with van der Waals surface area (Å²) < 4.78 is 4.76. The van der Waals surface area contributed by atoms with E-state index in [0.29, 0.717) is 19.7 Å². The number of hydrogen-bond acceptors (Lipinski definition) is 4. The van der Waals surface area contributed by atoms with E-state index in [1.54, 1.807) is 20.8 Å². The van der Waals surface area contributed by atoms with E-state index in [-0.39, 0.29) is 30.6 Å². The quantitative estimate of drug-likeness (QED) is 0.722. The molecule has 0 atom stereocenters. The van der Waals surface area contributed by atoms with Gasteiger partial charge in [-0.1, -0.05) is 0 Å². The van der Waals surface area contributed by atoms with Gasteiger partial charge in [-0.25, -0.2) is 0 Å². The lowest BCUT2D eigenvalue weighted by molar-refractivity contribution is -0.151. The minimum atomic E-state index is -0.857. The summed E-state index contributed by atoms with van der Waals surface area (Å²) in [6.07, 6.45) is 0.135. The lowest BCUT2D eigenvalue weighted by atomic mass is 9.98. The van der Waals surface area contributed by atoms with Crippen molar-refractivity contribution in [2.75, 3.05) is 19.7 Å². The first-order valence-electron chi connectivity index (χ1n) is 6.14. The highest BCUT2D eigenvalue weighted by Gasteiger charge is 2.40. The minimum absolute atomic E-state index is 0.0564. The van der Waals surface area contributed by atoms with Crippen molar-refractivity contribution < 1.29 is 19.1 Å². The zero-order valence-electron chi connectivity index (χ0n) is 11.1. The molecule has 102 valence electrons. The molecule has 1 rings (SSSR count). The van der Waals surface area contributed by atoms with Crippen LogP contribution in [0.4, 0.5) is 0 Å². The topological polar surface area (TPSA) is 75.7 Å². The number of hydrogen-bond donors (Lipinski definition) is 1. The molecule has 1 aliphatic heterocycles. The molecule has 6 nitrogen and oxygen atoms in total. The normalized spacial score (nSPS) is 18.2. The third-order valence-electron chi connectivity index (χ3n) is 3.00. The first kappa shape index (κ1) is 14.5. The summed E-state index contributed by atoms with van der Waals surface area (Å²) in [5.74, 6) is -0.744. The highest BCUT2D eigenvalue weighted by Crippen LogP contribution is 2.19. The van der Waals surface area contributed by atoms with Crippen LogP contribution in [0.15, 0.2) is 0 Å². The van der Waals surface area contributed by atoms with Crippen LogP contribution in [0.5, 0.6) is 0 Å². The Balaban J connectivity index is 2.55. The lowest BCUT2D eigenvalue weighted by Gasteiger charge is -2.41. The zero-order chi connectivity index (χ0) is 13.8. The fourth-order valence-electron chi connectivity index (χ4n) is 1.91. The number of nitrogens with one attached hydrogen (secondary N) is 1. The molecular formula is C12H20N2O4. The molecule has 0 aromatic carbocycles. The van der Waals surface area contributed by atoms with E-state index >= 15 is 0 Å². The summed E-state index contributed by atoms with van der Waals surface area (Å²) in [4.78, 5) is 36.4. The predicted octanol–water partition coefficient (Wildman–Crippen LogP) is 0.0667. The van der Waals surface area contributed by atoms with Crippen molar-refractivity contribution in [2.24, 2.45) is 0 Å². The highest BCUT2D eigenvalue weighted by molar-refractivity contribution is 5.92. The number of nitrogens with zero attached hydrogens (tertiary/aromatic N) is 1. The molecule has 1 N–H and O–H groups in total. The zero-order valence-corrected chi connectivity index (χ0v) is 11.1. The largest absolute Gasteiger partial charge is 0.466 e. The van der Waals surface area contributed by atoms with Crippen molar-refractivity contribution in [3.05, 3.63) is 0 Å². The Kier molecular flexibility index (Phi) is 4.69. The Morgan fingerprint density at radius 3 is 2.67 bits per heavy atom. The molecule has 1 fully saturated rings. The molecule has 0 aromatic heterocycles. The molecule has 1 aliphatic rings. The minimum Gasteiger partial charge on any atom is -0.466 e. The fourth-order valence-corrected chi connectivity index (χ4v) is 1.91. The van der Waals surface area contributed by atoms with Crippen LogP contribution in [0.1, 0.15) is 33.6 Å². The molecule has 1 saturated heterocycles. The Labute approximate surface area is 107 Å². The molecule has 2 amide bonds. The van der Waals surface area contributed by atoms with Gasteiger partial charge < -0.3 is 15.0 Å². The number of esters is 1. The van der Waals surface area contributed by atoms with Gasteiger partial charge in [-0.15, -0.1) is 0 Å². The molecule has 0 bridgehead atoms. The number of carbonyl (C=O) groups is 3. The third-order valence-corrected chi connectivity index (χ3v) is 3.00. The van der Waals surface area contributed by atoms with Gasteiger partial charge in [0, 0.05) is 19.5 Å². The second-order valence-corrected chi connectivity index (χ2v) is 4.67. The average Bonchev–Trinajstić information content (AvgIpc) is 2.30. The number of piperazine rings is 1. The van der Waals surface area contributed by atoms with E-state index in [2.05, 4.69) is 5.32 Å². The Bertz CT molecular complexity index is 352. The van der Waals surface area contributed by atoms with Gasteiger partial charge in [0.1, 0.15) is 5.54 Å². The molecule has 0 spiro atoms. The van der Waals surface area contributed by atoms with E-state index in [1.165, 1.54) is 4.90 Å². The van der Waals surface area contributed by atoms with Gasteiger partial charge in [0.15, 0.2) is 0 Å². The number of amides is 2. The second-order valence-electron chi connectivity index (χ2n) is 4.67. The van der Waals surface area contributed by atoms with Crippen LogP contribution >= 0.6 is 0 Å². The van der Waals surface area contributed by atoms with Crippen molar-refractivity contribution in [1.82, 2.24) is 10.2 Å². The number of ether oxygens (including phenoxy) is 1. The highest BCUT2D eigenvalue weighted by atomic mass is 16.5. The summed E-state index contributed by atoms with van der Waals surface area (Å²) in [6, 6.07) is 0. The van der Waals surface area contributed by atoms with Crippen molar-refractivity contribution in [1.29, 1.82) is 0 Å². The van der Waals surface area contributed by atoms with Crippen molar-refractivity contribution in [3.63, 3.8) is 0 Å². The molecule has 6 heteroatoms. The first-order valence-corrected chi connectivity index (χ1v) is 6.14. The molecule has 0 aliphatic carbocycles. The van der Waals surface area contributed by atoms with Gasteiger partial charge in [-0.05, 0) is 20.8 Å². The second kappa shape index (κ2) is 5.84. The van der Waals surface area contributed by atoms with E-state index in [1.807, 2.05) is 0 Å². The van der Waals surface area contributed by atoms with Crippen molar-refractivity contribution in [3.8, 4) is 0 Å². The monoisotopic (exact) mass is 256 g/mol. The van der Waals surface area contributed by atoms with Crippen LogP contribution in [-0.4, -0.2) is 47.9 Å². The molecule has 0 radical (unpaired) electrons. The number of carbonyl (C=O) groups excluding carboxylic acids is 3. The lowest BCUT2D eigenvalue weighted by Crippen LogP contribution is -2.63. The van der Waals surface area contributed by atoms with E-state index < -0.39 is 5.54 Å². The summed E-state index contributed by atoms with van der Waals surface area (Å²) in [5.41, 5.74) is -0.857.